The molecule has 1 heterocycles. The summed E-state index contributed by atoms with van der Waals surface area (Å²) in [5.74, 6) is 1.28. The molecule has 0 saturated carbocycles. The van der Waals surface area contributed by atoms with Crippen molar-refractivity contribution < 1.29 is 11.6 Å². The van der Waals surface area contributed by atoms with Crippen molar-refractivity contribution in [3.8, 4) is 44.9 Å². The molecule has 5 aromatic rings. The lowest BCUT2D eigenvalue weighted by molar-refractivity contribution is 0.488. The van der Waals surface area contributed by atoms with Crippen LogP contribution in [-0.2, 0) is 0 Å². The summed E-state index contributed by atoms with van der Waals surface area (Å²) in [5, 5.41) is 2.66. The number of rotatable bonds is 1. The van der Waals surface area contributed by atoms with E-state index in [0.717, 1.165) is 33.0 Å². The first-order chi connectivity index (χ1) is 16.8. The van der Waals surface area contributed by atoms with Crippen molar-refractivity contribution in [1.82, 2.24) is 0 Å². The summed E-state index contributed by atoms with van der Waals surface area (Å²) < 4.78 is 47.3. The van der Waals surface area contributed by atoms with E-state index in [0.29, 0.717) is 22.1 Å². The largest absolute Gasteiger partial charge is 0.456 e. The Morgan fingerprint density at radius 1 is 0.600 bits per heavy atom. The van der Waals surface area contributed by atoms with Crippen molar-refractivity contribution in [1.29, 1.82) is 0 Å². The number of ether oxygens (including phenoxy) is 1. The predicted octanol–water partition coefficient (Wildman–Crippen LogP) is 8.60. The average Bonchev–Trinajstić information content (AvgIpc) is 2.98. The molecule has 1 aliphatic rings. The first-order valence-electron chi connectivity index (χ1n) is 12.1. The van der Waals surface area contributed by atoms with Gasteiger partial charge >= 0.3 is 0 Å². The van der Waals surface area contributed by atoms with Crippen LogP contribution in [0.3, 0.4) is 0 Å². The van der Waals surface area contributed by atoms with Crippen LogP contribution in [0.1, 0.15) is 6.85 Å². The molecule has 0 aromatic heterocycles. The van der Waals surface area contributed by atoms with Gasteiger partial charge in [-0.2, -0.15) is 0 Å². The lowest BCUT2D eigenvalue weighted by Gasteiger charge is -2.12. The Morgan fingerprint density at radius 2 is 1.33 bits per heavy atom. The minimum absolute atomic E-state index is 0.165. The van der Waals surface area contributed by atoms with Gasteiger partial charge in [-0.1, -0.05) is 78.2 Å². The van der Waals surface area contributed by atoms with E-state index in [1.165, 1.54) is 0 Å². The first-order valence-corrected chi connectivity index (χ1v) is 9.93. The Bertz CT molecular complexity index is 1670. The molecule has 1 aliphatic heterocycles. The summed E-state index contributed by atoms with van der Waals surface area (Å²) >= 11 is 6.31. The third-order valence-electron chi connectivity index (χ3n) is 5.40. The van der Waals surface area contributed by atoms with E-state index in [4.69, 9.17) is 23.2 Å². The molecule has 0 atom stereocenters. The monoisotopic (exact) mass is 409 g/mol. The van der Waals surface area contributed by atoms with Gasteiger partial charge in [-0.05, 0) is 63.4 Å². The van der Waals surface area contributed by atoms with Gasteiger partial charge in [-0.25, -0.2) is 0 Å². The standard InChI is InChI=1S/C28H17ClO/c29-22-11-13-24-25-14-21(18-6-2-1-3-7-18)10-12-23(25)26-15-19-8-4-5-9-20(19)16-27(26)30-28(24)17-22/h1-17H/i1D,2D,3D,6D,7D. The topological polar surface area (TPSA) is 9.23 Å². The zero-order chi connectivity index (χ0) is 24.4. The Hall–Kier alpha value is -3.55. The lowest BCUT2D eigenvalue weighted by Crippen LogP contribution is -1.87. The molecule has 1 nitrogen and oxygen atoms in total. The van der Waals surface area contributed by atoms with Gasteiger partial charge in [-0.15, -0.1) is 0 Å². The maximum atomic E-state index is 8.42. The van der Waals surface area contributed by atoms with Crippen LogP contribution in [0.2, 0.25) is 5.02 Å². The zero-order valence-corrected chi connectivity index (χ0v) is 16.5. The number of halogens is 1. The van der Waals surface area contributed by atoms with Crippen LogP contribution in [-0.4, -0.2) is 0 Å². The van der Waals surface area contributed by atoms with Gasteiger partial charge < -0.3 is 4.74 Å². The van der Waals surface area contributed by atoms with Crippen LogP contribution >= 0.6 is 11.6 Å². The molecule has 0 unspecified atom stereocenters. The van der Waals surface area contributed by atoms with Crippen molar-refractivity contribution in [3.05, 3.63) is 108 Å². The van der Waals surface area contributed by atoms with Crippen molar-refractivity contribution >= 4 is 22.4 Å². The molecule has 5 aromatic carbocycles. The highest BCUT2D eigenvalue weighted by molar-refractivity contribution is 6.30. The summed E-state index contributed by atoms with van der Waals surface area (Å²) in [6, 6.07) is 21.6. The van der Waals surface area contributed by atoms with E-state index in [1.54, 1.807) is 18.2 Å². The molecule has 0 amide bonds. The quantitative estimate of drug-likeness (QED) is 0.264. The van der Waals surface area contributed by atoms with Crippen LogP contribution in [0.4, 0.5) is 0 Å². The Balaban J connectivity index is 1.68. The van der Waals surface area contributed by atoms with Gasteiger partial charge in [-0.3, -0.25) is 0 Å². The summed E-state index contributed by atoms with van der Waals surface area (Å²) in [4.78, 5) is 0. The van der Waals surface area contributed by atoms with E-state index < -0.39 is 6.04 Å². The number of fused-ring (bicyclic) bond motifs is 6. The van der Waals surface area contributed by atoms with Gasteiger partial charge in [0, 0.05) is 22.2 Å². The second-order valence-electron chi connectivity index (χ2n) is 7.20. The van der Waals surface area contributed by atoms with E-state index in [1.807, 2.05) is 48.5 Å². The molecular weight excluding hydrogens is 388 g/mol. The van der Waals surface area contributed by atoms with E-state index in [2.05, 4.69) is 6.07 Å². The zero-order valence-electron chi connectivity index (χ0n) is 20.7. The van der Waals surface area contributed by atoms with E-state index in [-0.39, 0.29) is 29.7 Å². The highest BCUT2D eigenvalue weighted by atomic mass is 35.5. The van der Waals surface area contributed by atoms with Crippen LogP contribution in [0.5, 0.6) is 11.5 Å². The normalized spacial score (nSPS) is 14.1. The molecule has 30 heavy (non-hydrogen) atoms. The fraction of sp³-hybridized carbons (Fsp3) is 0. The molecule has 0 bridgehead atoms. The summed E-state index contributed by atoms with van der Waals surface area (Å²) in [6.07, 6.45) is 0. The summed E-state index contributed by atoms with van der Waals surface area (Å²) in [7, 11) is 0. The molecule has 0 radical (unpaired) electrons. The predicted molar refractivity (Wildman–Crippen MR) is 125 cm³/mol. The summed E-state index contributed by atoms with van der Waals surface area (Å²) in [6.45, 7) is 0. The first kappa shape index (κ1) is 12.9. The van der Waals surface area contributed by atoms with Crippen LogP contribution < -0.4 is 4.74 Å². The van der Waals surface area contributed by atoms with Crippen LogP contribution in [0.15, 0.2) is 103 Å². The molecule has 2 heteroatoms. The second kappa shape index (κ2) is 6.76. The molecule has 0 fully saturated rings. The van der Waals surface area contributed by atoms with Gasteiger partial charge in [0.25, 0.3) is 0 Å². The van der Waals surface area contributed by atoms with Gasteiger partial charge in [0.05, 0.1) is 6.85 Å². The molecular formula is C28H17ClO. The van der Waals surface area contributed by atoms with Crippen molar-refractivity contribution in [3.63, 3.8) is 0 Å². The minimum Gasteiger partial charge on any atom is -0.456 e. The fourth-order valence-electron chi connectivity index (χ4n) is 3.99. The van der Waals surface area contributed by atoms with Gasteiger partial charge in [0.15, 0.2) is 0 Å². The van der Waals surface area contributed by atoms with Gasteiger partial charge in [0.2, 0.25) is 0 Å². The lowest BCUT2D eigenvalue weighted by atomic mass is 9.90. The Kier molecular flexibility index (Phi) is 2.90. The van der Waals surface area contributed by atoms with Crippen molar-refractivity contribution in [2.45, 2.75) is 0 Å². The average molecular weight is 410 g/mol. The highest BCUT2D eigenvalue weighted by Crippen LogP contribution is 2.49. The van der Waals surface area contributed by atoms with Gasteiger partial charge in [0.1, 0.15) is 11.5 Å². The second-order valence-corrected chi connectivity index (χ2v) is 7.63. The maximum Gasteiger partial charge on any atom is 0.136 e. The Morgan fingerprint density at radius 3 is 2.17 bits per heavy atom. The maximum absolute atomic E-state index is 8.42. The third kappa shape index (κ3) is 2.79. The van der Waals surface area contributed by atoms with Crippen LogP contribution in [0, 0.1) is 0 Å². The highest BCUT2D eigenvalue weighted by Gasteiger charge is 2.22. The molecule has 0 N–H and O–H groups in total. The Labute approximate surface area is 187 Å². The number of benzene rings is 5. The molecule has 0 aliphatic carbocycles. The molecule has 0 spiro atoms. The van der Waals surface area contributed by atoms with Crippen molar-refractivity contribution in [2.24, 2.45) is 0 Å². The SMILES string of the molecule is [2H]c1c([2H])c([2H])c(-c2ccc3c(c2)-c2ccc(Cl)cc2Oc2cc4ccccc4cc2-3)c([2H])c1[2H]. The smallest absolute Gasteiger partial charge is 0.136 e. The van der Waals surface area contributed by atoms with Crippen molar-refractivity contribution in [2.75, 3.05) is 0 Å². The third-order valence-corrected chi connectivity index (χ3v) is 5.64. The number of hydrogen-bond donors (Lipinski definition) is 0. The molecule has 0 saturated heterocycles. The minimum atomic E-state index is -0.410. The number of hydrogen-bond acceptors (Lipinski definition) is 1. The molecule has 6 rings (SSSR count). The summed E-state index contributed by atoms with van der Waals surface area (Å²) in [5.41, 5.74) is 4.15. The molecule has 142 valence electrons. The van der Waals surface area contributed by atoms with E-state index in [9.17, 15) is 0 Å². The fourth-order valence-corrected chi connectivity index (χ4v) is 4.15. The van der Waals surface area contributed by atoms with E-state index >= 15 is 0 Å². The van der Waals surface area contributed by atoms with Crippen LogP contribution in [0.25, 0.3) is 44.2 Å².